The first-order chi connectivity index (χ1) is 11.2. The number of hydrogen-bond donors (Lipinski definition) is 1. The van der Waals surface area contributed by atoms with Gasteiger partial charge >= 0.3 is 0 Å². The zero-order valence-corrected chi connectivity index (χ0v) is 13.1. The first-order valence-electron chi connectivity index (χ1n) is 8.00. The molecule has 0 aliphatic heterocycles. The minimum absolute atomic E-state index is 0.417. The van der Waals surface area contributed by atoms with Crippen molar-refractivity contribution in [2.24, 2.45) is 5.92 Å². The van der Waals surface area contributed by atoms with Crippen LogP contribution in [0.25, 0.3) is 22.2 Å². The minimum Gasteiger partial charge on any atom is -0.261 e. The van der Waals surface area contributed by atoms with Gasteiger partial charge in [0.15, 0.2) is 5.65 Å². The highest BCUT2D eigenvalue weighted by Gasteiger charge is 2.35. The SMILES string of the molecule is CC(C#N)(CC1CC1)c1cccc(-c2ccnc3[nH]ncc23)c1. The molecule has 1 N–H and O–H groups in total. The maximum Gasteiger partial charge on any atom is 0.155 e. The van der Waals surface area contributed by atoms with Crippen LogP contribution in [0.3, 0.4) is 0 Å². The third-order valence-corrected chi connectivity index (χ3v) is 4.81. The van der Waals surface area contributed by atoms with Gasteiger partial charge in [-0.3, -0.25) is 5.10 Å². The number of nitrogens with one attached hydrogen (secondary N) is 1. The van der Waals surface area contributed by atoms with Gasteiger partial charge in [-0.25, -0.2) is 4.98 Å². The lowest BCUT2D eigenvalue weighted by Crippen LogP contribution is -2.20. The van der Waals surface area contributed by atoms with Crippen LogP contribution in [0.1, 0.15) is 31.7 Å². The molecule has 2 heterocycles. The molecule has 0 saturated heterocycles. The van der Waals surface area contributed by atoms with Crippen molar-refractivity contribution in [2.75, 3.05) is 0 Å². The highest BCUT2D eigenvalue weighted by molar-refractivity contribution is 5.92. The Kier molecular flexibility index (Phi) is 3.16. The fourth-order valence-electron chi connectivity index (χ4n) is 3.26. The van der Waals surface area contributed by atoms with Gasteiger partial charge in [-0.1, -0.05) is 31.0 Å². The Bertz CT molecular complexity index is 901. The Morgan fingerprint density at radius 3 is 3.00 bits per heavy atom. The van der Waals surface area contributed by atoms with Crippen LogP contribution < -0.4 is 0 Å². The number of aromatic amines is 1. The summed E-state index contributed by atoms with van der Waals surface area (Å²) in [5, 5.41) is 17.7. The predicted molar refractivity (Wildman–Crippen MR) is 89.6 cm³/mol. The average Bonchev–Trinajstić information content (AvgIpc) is 3.26. The van der Waals surface area contributed by atoms with E-state index in [1.54, 1.807) is 12.4 Å². The van der Waals surface area contributed by atoms with Crippen molar-refractivity contribution in [3.05, 3.63) is 48.3 Å². The molecule has 1 aliphatic rings. The van der Waals surface area contributed by atoms with E-state index in [-0.39, 0.29) is 0 Å². The largest absolute Gasteiger partial charge is 0.261 e. The predicted octanol–water partition coefficient (Wildman–Crippen LogP) is 4.21. The molecule has 4 heteroatoms. The molecule has 1 aromatic carbocycles. The molecule has 4 rings (SSSR count). The van der Waals surface area contributed by atoms with Gasteiger partial charge in [-0.15, -0.1) is 0 Å². The van der Waals surface area contributed by atoms with E-state index in [0.29, 0.717) is 5.92 Å². The fraction of sp³-hybridized carbons (Fsp3) is 0.316. The van der Waals surface area contributed by atoms with E-state index in [1.807, 2.05) is 12.1 Å². The summed E-state index contributed by atoms with van der Waals surface area (Å²) in [4.78, 5) is 4.29. The summed E-state index contributed by atoms with van der Waals surface area (Å²) in [6, 6.07) is 12.9. The van der Waals surface area contributed by atoms with Gasteiger partial charge in [0, 0.05) is 11.6 Å². The molecule has 4 nitrogen and oxygen atoms in total. The van der Waals surface area contributed by atoms with Crippen molar-refractivity contribution in [3.8, 4) is 17.2 Å². The molecule has 23 heavy (non-hydrogen) atoms. The zero-order chi connectivity index (χ0) is 15.9. The second-order valence-corrected chi connectivity index (χ2v) is 6.66. The van der Waals surface area contributed by atoms with Crippen molar-refractivity contribution in [1.82, 2.24) is 15.2 Å². The second kappa shape index (κ2) is 5.20. The Morgan fingerprint density at radius 2 is 2.22 bits per heavy atom. The van der Waals surface area contributed by atoms with Crippen LogP contribution in [0.5, 0.6) is 0 Å². The van der Waals surface area contributed by atoms with E-state index in [2.05, 4.69) is 46.4 Å². The van der Waals surface area contributed by atoms with Crippen LogP contribution in [0.2, 0.25) is 0 Å². The summed E-state index contributed by atoms with van der Waals surface area (Å²) in [6.45, 7) is 2.06. The van der Waals surface area contributed by atoms with Crippen molar-refractivity contribution < 1.29 is 0 Å². The van der Waals surface area contributed by atoms with Gasteiger partial charge in [0.2, 0.25) is 0 Å². The van der Waals surface area contributed by atoms with E-state index in [4.69, 9.17) is 0 Å². The lowest BCUT2D eigenvalue weighted by molar-refractivity contribution is 0.512. The van der Waals surface area contributed by atoms with Gasteiger partial charge in [-0.05, 0) is 48.1 Å². The molecule has 3 aromatic rings. The highest BCUT2D eigenvalue weighted by Crippen LogP contribution is 2.42. The number of benzene rings is 1. The smallest absolute Gasteiger partial charge is 0.155 e. The summed E-state index contributed by atoms with van der Waals surface area (Å²) >= 11 is 0. The third kappa shape index (κ3) is 2.49. The van der Waals surface area contributed by atoms with Crippen LogP contribution in [-0.4, -0.2) is 15.2 Å². The van der Waals surface area contributed by atoms with E-state index in [9.17, 15) is 5.26 Å². The molecular weight excluding hydrogens is 284 g/mol. The molecular formula is C19H18N4. The summed E-state index contributed by atoms with van der Waals surface area (Å²) in [6.07, 6.45) is 7.06. The Hall–Kier alpha value is -2.67. The fourth-order valence-corrected chi connectivity index (χ4v) is 3.26. The van der Waals surface area contributed by atoms with Gasteiger partial charge in [0.05, 0.1) is 17.7 Å². The van der Waals surface area contributed by atoms with Crippen LogP contribution >= 0.6 is 0 Å². The normalized spacial score (nSPS) is 16.9. The van der Waals surface area contributed by atoms with E-state index < -0.39 is 5.41 Å². The molecule has 2 aromatic heterocycles. The molecule has 0 amide bonds. The lowest BCUT2D eigenvalue weighted by atomic mass is 9.78. The molecule has 1 unspecified atom stereocenters. The van der Waals surface area contributed by atoms with Crippen LogP contribution in [0.4, 0.5) is 0 Å². The number of nitriles is 1. The highest BCUT2D eigenvalue weighted by atomic mass is 15.1. The molecule has 1 atom stereocenters. The molecule has 0 radical (unpaired) electrons. The number of fused-ring (bicyclic) bond motifs is 1. The third-order valence-electron chi connectivity index (χ3n) is 4.81. The summed E-state index contributed by atoms with van der Waals surface area (Å²) < 4.78 is 0. The van der Waals surface area contributed by atoms with Gasteiger partial charge in [0.25, 0.3) is 0 Å². The van der Waals surface area contributed by atoms with Crippen LogP contribution in [0.15, 0.2) is 42.7 Å². The summed E-state index contributed by atoms with van der Waals surface area (Å²) in [7, 11) is 0. The number of H-pyrrole nitrogens is 1. The molecule has 1 fully saturated rings. The second-order valence-electron chi connectivity index (χ2n) is 6.66. The monoisotopic (exact) mass is 302 g/mol. The Labute approximate surface area is 135 Å². The quantitative estimate of drug-likeness (QED) is 0.785. The number of rotatable bonds is 4. The maximum absolute atomic E-state index is 9.74. The van der Waals surface area contributed by atoms with Crippen LogP contribution in [0, 0.1) is 17.2 Å². The van der Waals surface area contributed by atoms with Crippen molar-refractivity contribution in [3.63, 3.8) is 0 Å². The van der Waals surface area contributed by atoms with Gasteiger partial charge < -0.3 is 0 Å². The molecule has 1 aliphatic carbocycles. The van der Waals surface area contributed by atoms with Gasteiger partial charge in [-0.2, -0.15) is 10.4 Å². The van der Waals surface area contributed by atoms with E-state index >= 15 is 0 Å². The average molecular weight is 302 g/mol. The number of aromatic nitrogens is 3. The van der Waals surface area contributed by atoms with E-state index in [0.717, 1.165) is 34.1 Å². The van der Waals surface area contributed by atoms with Crippen molar-refractivity contribution in [1.29, 1.82) is 5.26 Å². The standard InChI is InChI=1S/C19H18N4/c1-19(12-20,10-13-5-6-13)15-4-2-3-14(9-15)16-7-8-21-18-17(16)11-22-23-18/h2-4,7-9,11,13H,5-6,10H2,1H3,(H,21,22,23). The first-order valence-corrected chi connectivity index (χ1v) is 8.00. The van der Waals surface area contributed by atoms with Crippen molar-refractivity contribution in [2.45, 2.75) is 31.6 Å². The minimum atomic E-state index is -0.417. The topological polar surface area (TPSA) is 65.4 Å². The molecule has 114 valence electrons. The zero-order valence-electron chi connectivity index (χ0n) is 13.1. The number of nitrogens with zero attached hydrogens (tertiary/aromatic N) is 3. The van der Waals surface area contributed by atoms with Crippen LogP contribution in [-0.2, 0) is 5.41 Å². The Morgan fingerprint density at radius 1 is 1.35 bits per heavy atom. The lowest BCUT2D eigenvalue weighted by Gasteiger charge is -2.22. The van der Waals surface area contributed by atoms with E-state index in [1.165, 1.54) is 12.8 Å². The molecule has 0 spiro atoms. The summed E-state index contributed by atoms with van der Waals surface area (Å²) in [5.74, 6) is 0.713. The maximum atomic E-state index is 9.74. The van der Waals surface area contributed by atoms with Crippen molar-refractivity contribution >= 4 is 11.0 Å². The Balaban J connectivity index is 1.79. The summed E-state index contributed by atoms with van der Waals surface area (Å²) in [5.41, 5.74) is 3.66. The molecule has 0 bridgehead atoms. The first kappa shape index (κ1) is 14.0. The number of pyridine rings is 1. The number of hydrogen-bond acceptors (Lipinski definition) is 3. The molecule has 1 saturated carbocycles. The van der Waals surface area contributed by atoms with Gasteiger partial charge in [0.1, 0.15) is 0 Å².